The van der Waals surface area contributed by atoms with Crippen molar-refractivity contribution in [1.82, 2.24) is 19.9 Å². The van der Waals surface area contributed by atoms with Gasteiger partial charge in [0, 0.05) is 42.8 Å². The van der Waals surface area contributed by atoms with Gasteiger partial charge in [-0.2, -0.15) is 31.3 Å². The molecular formula is C35H31ClF6N8O4. The van der Waals surface area contributed by atoms with E-state index in [9.17, 15) is 45.5 Å². The van der Waals surface area contributed by atoms with E-state index >= 15 is 0 Å². The number of Topliss-reactive ketones (excluding diaryl/α,β-unsaturated/α-hetero) is 2. The summed E-state index contributed by atoms with van der Waals surface area (Å²) in [6.45, 7) is 1.22. The van der Waals surface area contributed by atoms with E-state index in [0.29, 0.717) is 42.7 Å². The Balaban J connectivity index is 0.000000404. The van der Waals surface area contributed by atoms with Crippen LogP contribution in [0.15, 0.2) is 73.2 Å². The van der Waals surface area contributed by atoms with Crippen LogP contribution in [0.25, 0.3) is 0 Å². The molecule has 1 saturated heterocycles. The molecule has 0 radical (unpaired) electrons. The zero-order chi connectivity index (χ0) is 39.0. The monoisotopic (exact) mass is 776 g/mol. The topological polar surface area (TPSA) is 158 Å². The van der Waals surface area contributed by atoms with Crippen LogP contribution in [0, 0.1) is 5.92 Å². The predicted octanol–water partition coefficient (Wildman–Crippen LogP) is 7.63. The maximum absolute atomic E-state index is 13.2. The number of amides is 3. The molecule has 19 heteroatoms. The van der Waals surface area contributed by atoms with Crippen LogP contribution in [0.1, 0.15) is 30.4 Å². The Morgan fingerprint density at radius 2 is 1.57 bits per heavy atom. The van der Waals surface area contributed by atoms with Gasteiger partial charge in [-0.3, -0.25) is 19.4 Å². The SMILES string of the molecule is O=C(C(=O)C(F)(F)F)C(F)(F)F.O=C(C[C@H]1CCCN(C(=O)Nc2ccccc2)C1)Nc1ccc2cc1CCc1cncc(c1)Nc1ncc(Cl)c(n1)N2. The van der Waals surface area contributed by atoms with Gasteiger partial charge in [0.05, 0.1) is 18.1 Å². The Bertz CT molecular complexity index is 1990. The Labute approximate surface area is 308 Å². The fourth-order valence-electron chi connectivity index (χ4n) is 5.61. The van der Waals surface area contributed by atoms with E-state index in [1.807, 2.05) is 60.8 Å². The van der Waals surface area contributed by atoms with Crippen molar-refractivity contribution >= 4 is 69.6 Å². The van der Waals surface area contributed by atoms with Gasteiger partial charge >= 0.3 is 30.0 Å². The zero-order valence-electron chi connectivity index (χ0n) is 28.0. The van der Waals surface area contributed by atoms with E-state index in [4.69, 9.17) is 11.6 Å². The molecule has 0 spiro atoms. The first kappa shape index (κ1) is 39.4. The third kappa shape index (κ3) is 10.9. The van der Waals surface area contributed by atoms with Crippen molar-refractivity contribution in [3.05, 3.63) is 89.3 Å². The lowest BCUT2D eigenvalue weighted by atomic mass is 9.94. The van der Waals surface area contributed by atoms with Gasteiger partial charge in [0.25, 0.3) is 0 Å². The summed E-state index contributed by atoms with van der Waals surface area (Å²) in [5.41, 5.74) is 5.11. The highest BCUT2D eigenvalue weighted by atomic mass is 35.5. The summed E-state index contributed by atoms with van der Waals surface area (Å²) in [5, 5.41) is 12.9. The largest absolute Gasteiger partial charge is 0.458 e. The van der Waals surface area contributed by atoms with E-state index in [-0.39, 0.29) is 17.9 Å². The molecule has 0 saturated carbocycles. The molecule has 12 nitrogen and oxygen atoms in total. The Morgan fingerprint density at radius 1 is 0.852 bits per heavy atom. The molecule has 2 aliphatic rings. The van der Waals surface area contributed by atoms with Crippen LogP contribution in [0.3, 0.4) is 0 Å². The van der Waals surface area contributed by atoms with E-state index in [0.717, 1.165) is 53.1 Å². The molecule has 284 valence electrons. The highest BCUT2D eigenvalue weighted by Crippen LogP contribution is 2.30. The quantitative estimate of drug-likeness (QED) is 0.118. The number of urea groups is 1. The second-order valence-electron chi connectivity index (χ2n) is 12.3. The zero-order valence-corrected chi connectivity index (χ0v) is 28.8. The number of nitrogens with zero attached hydrogens (tertiary/aromatic N) is 4. The molecule has 54 heavy (non-hydrogen) atoms. The first-order valence-electron chi connectivity index (χ1n) is 16.3. The number of hydrogen-bond acceptors (Lipinski definition) is 9. The van der Waals surface area contributed by atoms with Crippen LogP contribution in [0.2, 0.25) is 5.02 Å². The van der Waals surface area contributed by atoms with Crippen LogP contribution in [-0.4, -0.2) is 68.8 Å². The van der Waals surface area contributed by atoms with Crippen LogP contribution in [0.5, 0.6) is 0 Å². The molecule has 4 N–H and O–H groups in total. The molecule has 6 rings (SSSR count). The number of para-hydroxylation sites is 1. The molecule has 4 heterocycles. The molecule has 1 atom stereocenters. The van der Waals surface area contributed by atoms with Gasteiger partial charge in [-0.1, -0.05) is 29.8 Å². The van der Waals surface area contributed by atoms with Crippen molar-refractivity contribution in [2.24, 2.45) is 5.92 Å². The first-order chi connectivity index (χ1) is 25.5. The fraction of sp³-hybridized carbons (Fsp3) is 0.286. The third-order valence-corrected chi connectivity index (χ3v) is 8.42. The van der Waals surface area contributed by atoms with Gasteiger partial charge in [-0.15, -0.1) is 0 Å². The average Bonchev–Trinajstić information content (AvgIpc) is 3.12. The number of alkyl halides is 6. The summed E-state index contributed by atoms with van der Waals surface area (Å²) in [6, 6.07) is 17.1. The van der Waals surface area contributed by atoms with E-state index in [2.05, 4.69) is 36.2 Å². The van der Waals surface area contributed by atoms with Crippen molar-refractivity contribution in [3.63, 3.8) is 0 Å². The minimum Gasteiger partial charge on any atom is -0.339 e. The third-order valence-electron chi connectivity index (χ3n) is 8.15. The molecule has 1 fully saturated rings. The smallest absolute Gasteiger partial charge is 0.339 e. The molecule has 0 aliphatic carbocycles. The fourth-order valence-corrected chi connectivity index (χ4v) is 5.75. The molecule has 3 amide bonds. The molecular weight excluding hydrogens is 746 g/mol. The molecule has 6 bridgehead atoms. The summed E-state index contributed by atoms with van der Waals surface area (Å²) in [7, 11) is 0. The lowest BCUT2D eigenvalue weighted by molar-refractivity contribution is -0.193. The number of anilines is 6. The Kier molecular flexibility index (Phi) is 12.4. The maximum Gasteiger partial charge on any atom is 0.458 e. The second kappa shape index (κ2) is 16.9. The average molecular weight is 777 g/mol. The van der Waals surface area contributed by atoms with Crippen molar-refractivity contribution in [2.75, 3.05) is 34.4 Å². The Hall–Kier alpha value is -5.78. The van der Waals surface area contributed by atoms with E-state index in [1.165, 1.54) is 0 Å². The minimum atomic E-state index is -5.77. The number of rotatable bonds is 5. The van der Waals surface area contributed by atoms with Crippen LogP contribution >= 0.6 is 11.6 Å². The highest BCUT2D eigenvalue weighted by molar-refractivity contribution is 6.41. The van der Waals surface area contributed by atoms with Crippen LogP contribution < -0.4 is 21.3 Å². The normalized spacial score (nSPS) is 15.3. The number of halogens is 7. The predicted molar refractivity (Wildman–Crippen MR) is 187 cm³/mol. The van der Waals surface area contributed by atoms with Crippen molar-refractivity contribution in [2.45, 2.75) is 44.5 Å². The number of benzene rings is 2. The lowest BCUT2D eigenvalue weighted by Gasteiger charge is -2.32. The number of aromatic nitrogens is 3. The van der Waals surface area contributed by atoms with Gasteiger partial charge < -0.3 is 26.2 Å². The summed E-state index contributed by atoms with van der Waals surface area (Å²) in [6.07, 6.45) is -2.93. The number of carbonyl (C=O) groups is 4. The number of likely N-dealkylation sites (tertiary alicyclic amines) is 1. The lowest BCUT2D eigenvalue weighted by Crippen LogP contribution is -2.43. The number of piperidine rings is 1. The molecule has 2 aliphatic heterocycles. The van der Waals surface area contributed by atoms with Gasteiger partial charge in [-0.25, -0.2) is 9.78 Å². The number of aryl methyl sites for hydroxylation is 2. The van der Waals surface area contributed by atoms with Gasteiger partial charge in [0.2, 0.25) is 11.9 Å². The number of carbonyl (C=O) groups excluding carboxylic acids is 4. The molecule has 2 aromatic heterocycles. The number of pyridine rings is 1. The number of ketones is 2. The number of fused-ring (bicyclic) bond motifs is 6. The van der Waals surface area contributed by atoms with Crippen molar-refractivity contribution in [3.8, 4) is 0 Å². The minimum absolute atomic E-state index is 0.0680. The highest BCUT2D eigenvalue weighted by Gasteiger charge is 2.54. The van der Waals surface area contributed by atoms with Crippen LogP contribution in [0.4, 0.5) is 65.7 Å². The standard InChI is InChI=1S/C31H31ClN8O2.C4F6O2/c32-26-18-34-30-36-25-13-20(16-33-17-25)8-9-22-15-24(35-29(26)39-30)10-11-27(22)38-28(41)14-21-5-4-12-40(19-21)31(42)37-23-6-2-1-3-7-23;5-3(6,7)1(11)2(12)4(8,9)10/h1-3,6-7,10-11,13,15-18,21H,4-5,8-9,12,14,19H2,(H,37,42)(H,38,41)(H2,34,35,36,39);/t21-;/m1./s1. The van der Waals surface area contributed by atoms with E-state index < -0.39 is 23.9 Å². The number of nitrogens with one attached hydrogen (secondary N) is 4. The molecule has 2 aromatic carbocycles. The van der Waals surface area contributed by atoms with Gasteiger partial charge in [-0.05, 0) is 79.1 Å². The van der Waals surface area contributed by atoms with Crippen molar-refractivity contribution < 1.29 is 45.5 Å². The summed E-state index contributed by atoms with van der Waals surface area (Å²) in [5.74, 6) is -5.92. The van der Waals surface area contributed by atoms with Gasteiger partial charge in [0.15, 0.2) is 5.82 Å². The molecule has 0 unspecified atom stereocenters. The van der Waals surface area contributed by atoms with Gasteiger partial charge in [0.1, 0.15) is 5.02 Å². The van der Waals surface area contributed by atoms with Crippen molar-refractivity contribution in [1.29, 1.82) is 0 Å². The molecule has 4 aromatic rings. The maximum atomic E-state index is 13.2. The summed E-state index contributed by atoms with van der Waals surface area (Å²) in [4.78, 5) is 60.3. The second-order valence-corrected chi connectivity index (χ2v) is 12.7. The Morgan fingerprint density at radius 3 is 2.28 bits per heavy atom. The summed E-state index contributed by atoms with van der Waals surface area (Å²) < 4.78 is 67.0. The summed E-state index contributed by atoms with van der Waals surface area (Å²) >= 11 is 6.38. The first-order valence-corrected chi connectivity index (χ1v) is 16.7. The number of hydrogen-bond donors (Lipinski definition) is 4. The van der Waals surface area contributed by atoms with Crippen LogP contribution in [-0.2, 0) is 27.2 Å². The van der Waals surface area contributed by atoms with E-state index in [1.54, 1.807) is 17.3 Å².